The average molecular weight is 474 g/mol. The van der Waals surface area contributed by atoms with E-state index in [-0.39, 0.29) is 18.3 Å². The van der Waals surface area contributed by atoms with E-state index in [4.69, 9.17) is 9.47 Å². The third kappa shape index (κ3) is 4.78. The number of hydrogen-bond donors (Lipinski definition) is 2. The first-order chi connectivity index (χ1) is 15.4. The van der Waals surface area contributed by atoms with Gasteiger partial charge in [0.1, 0.15) is 4.83 Å². The van der Waals surface area contributed by atoms with Crippen LogP contribution in [-0.4, -0.2) is 27.9 Å². The van der Waals surface area contributed by atoms with Crippen LogP contribution in [0.15, 0.2) is 28.2 Å². The highest BCUT2D eigenvalue weighted by atomic mass is 32.2. The van der Waals surface area contributed by atoms with Crippen LogP contribution < -0.4 is 20.3 Å². The van der Waals surface area contributed by atoms with Crippen LogP contribution in [0.25, 0.3) is 10.2 Å². The van der Waals surface area contributed by atoms with Gasteiger partial charge in [-0.1, -0.05) is 38.1 Å². The number of nitrogens with zero attached hydrogens (tertiary/aromatic N) is 1. The number of hydrogen-bond acceptors (Lipinski definition) is 7. The Hall–Kier alpha value is -2.52. The van der Waals surface area contributed by atoms with Gasteiger partial charge in [-0.05, 0) is 49.4 Å². The Bertz CT molecular complexity index is 1200. The molecular weight excluding hydrogens is 446 g/mol. The SMILES string of the molecule is CC[C@@H](C)Cc1c(C)sc2nc(S[C@H](C)C(=O)NCc3ccc4c(c3)OCO4)[nH]c(=O)c12. The molecule has 1 amide bonds. The number of thioether (sulfide) groups is 1. The number of amides is 1. The molecule has 2 aromatic heterocycles. The number of carbonyl (C=O) groups is 1. The van der Waals surface area contributed by atoms with Crippen LogP contribution in [0.2, 0.25) is 0 Å². The lowest BCUT2D eigenvalue weighted by Crippen LogP contribution is -2.30. The number of H-pyrrole nitrogens is 1. The van der Waals surface area contributed by atoms with Gasteiger partial charge < -0.3 is 19.8 Å². The zero-order valence-electron chi connectivity index (χ0n) is 18.6. The number of carbonyl (C=O) groups excluding carboxylic acids is 1. The highest BCUT2D eigenvalue weighted by Crippen LogP contribution is 2.33. The molecule has 0 bridgehead atoms. The van der Waals surface area contributed by atoms with Crippen molar-refractivity contribution in [2.75, 3.05) is 6.79 Å². The summed E-state index contributed by atoms with van der Waals surface area (Å²) in [4.78, 5) is 34.8. The molecule has 0 aliphatic carbocycles. The monoisotopic (exact) mass is 473 g/mol. The molecule has 1 aliphatic heterocycles. The first-order valence-electron chi connectivity index (χ1n) is 10.7. The van der Waals surface area contributed by atoms with Gasteiger partial charge in [0.05, 0.1) is 10.6 Å². The summed E-state index contributed by atoms with van der Waals surface area (Å²) in [5.74, 6) is 1.78. The van der Waals surface area contributed by atoms with Crippen LogP contribution in [0.1, 0.15) is 43.2 Å². The van der Waals surface area contributed by atoms with E-state index in [1.165, 1.54) is 11.8 Å². The van der Waals surface area contributed by atoms with Crippen LogP contribution >= 0.6 is 23.1 Å². The van der Waals surface area contributed by atoms with E-state index < -0.39 is 5.25 Å². The lowest BCUT2D eigenvalue weighted by atomic mass is 9.98. The Labute approximate surface area is 194 Å². The van der Waals surface area contributed by atoms with E-state index >= 15 is 0 Å². The van der Waals surface area contributed by atoms with Crippen LogP contribution in [-0.2, 0) is 17.8 Å². The molecule has 0 unspecified atom stereocenters. The molecule has 32 heavy (non-hydrogen) atoms. The molecule has 1 aromatic carbocycles. The maximum absolute atomic E-state index is 12.8. The number of nitrogens with one attached hydrogen (secondary N) is 2. The highest BCUT2D eigenvalue weighted by Gasteiger charge is 2.20. The van der Waals surface area contributed by atoms with E-state index in [1.807, 2.05) is 25.1 Å². The van der Waals surface area contributed by atoms with Crippen molar-refractivity contribution < 1.29 is 14.3 Å². The summed E-state index contributed by atoms with van der Waals surface area (Å²) in [6.45, 7) is 8.80. The number of thiophene rings is 1. The molecule has 0 fully saturated rings. The molecular formula is C23H27N3O4S2. The van der Waals surface area contributed by atoms with E-state index in [9.17, 15) is 9.59 Å². The molecule has 1 aliphatic rings. The van der Waals surface area contributed by atoms with Crippen molar-refractivity contribution in [3.05, 3.63) is 44.6 Å². The molecule has 0 saturated carbocycles. The van der Waals surface area contributed by atoms with E-state index in [2.05, 4.69) is 29.1 Å². The molecule has 2 atom stereocenters. The van der Waals surface area contributed by atoms with Gasteiger partial charge in [0.15, 0.2) is 16.7 Å². The summed E-state index contributed by atoms with van der Waals surface area (Å²) in [5, 5.41) is 3.67. The Morgan fingerprint density at radius 3 is 2.88 bits per heavy atom. The normalized spacial score (nSPS) is 14.5. The molecule has 3 heterocycles. The number of ether oxygens (including phenoxy) is 2. The Kier molecular flexibility index (Phi) is 6.76. The van der Waals surface area contributed by atoms with E-state index in [0.717, 1.165) is 33.7 Å². The molecule has 3 aromatic rings. The summed E-state index contributed by atoms with van der Waals surface area (Å²) in [7, 11) is 0. The molecule has 7 nitrogen and oxygen atoms in total. The quantitative estimate of drug-likeness (QED) is 0.372. The molecule has 0 saturated heterocycles. The first-order valence-corrected chi connectivity index (χ1v) is 12.4. The zero-order chi connectivity index (χ0) is 22.8. The van der Waals surface area contributed by atoms with Crippen LogP contribution in [0.4, 0.5) is 0 Å². The lowest BCUT2D eigenvalue weighted by Gasteiger charge is -2.12. The Balaban J connectivity index is 1.43. The number of aryl methyl sites for hydroxylation is 1. The molecule has 170 valence electrons. The number of benzene rings is 1. The molecule has 0 radical (unpaired) electrons. The number of rotatable bonds is 8. The third-order valence-corrected chi connectivity index (χ3v) is 7.68. The number of fused-ring (bicyclic) bond motifs is 2. The second-order valence-corrected chi connectivity index (χ2v) is 10.6. The van der Waals surface area contributed by atoms with Gasteiger partial charge in [0.2, 0.25) is 12.7 Å². The van der Waals surface area contributed by atoms with Gasteiger partial charge in [-0.25, -0.2) is 4.98 Å². The van der Waals surface area contributed by atoms with Gasteiger partial charge >= 0.3 is 0 Å². The van der Waals surface area contributed by atoms with Gasteiger partial charge in [0.25, 0.3) is 5.56 Å². The predicted molar refractivity (Wildman–Crippen MR) is 128 cm³/mol. The molecule has 2 N–H and O–H groups in total. The van der Waals surface area contributed by atoms with E-state index in [1.54, 1.807) is 18.3 Å². The highest BCUT2D eigenvalue weighted by molar-refractivity contribution is 8.00. The van der Waals surface area contributed by atoms with Gasteiger partial charge in [-0.2, -0.15) is 0 Å². The minimum absolute atomic E-state index is 0.129. The fraction of sp³-hybridized carbons (Fsp3) is 0.435. The maximum atomic E-state index is 12.8. The van der Waals surface area contributed by atoms with Crippen molar-refractivity contribution in [1.82, 2.24) is 15.3 Å². The average Bonchev–Trinajstić information content (AvgIpc) is 3.35. The van der Waals surface area contributed by atoms with Crippen molar-refractivity contribution in [2.45, 2.75) is 57.5 Å². The predicted octanol–water partition coefficient (Wildman–Crippen LogP) is 4.41. The number of aromatic amines is 1. The molecule has 4 rings (SSSR count). The zero-order valence-corrected chi connectivity index (χ0v) is 20.2. The molecule has 0 spiro atoms. The summed E-state index contributed by atoms with van der Waals surface area (Å²) in [6.07, 6.45) is 1.94. The van der Waals surface area contributed by atoms with Gasteiger partial charge in [-0.3, -0.25) is 9.59 Å². The van der Waals surface area contributed by atoms with Crippen LogP contribution in [0, 0.1) is 12.8 Å². The lowest BCUT2D eigenvalue weighted by molar-refractivity contribution is -0.120. The Morgan fingerprint density at radius 2 is 2.09 bits per heavy atom. The topological polar surface area (TPSA) is 93.3 Å². The number of aromatic nitrogens is 2. The van der Waals surface area contributed by atoms with Crippen molar-refractivity contribution in [2.24, 2.45) is 5.92 Å². The van der Waals surface area contributed by atoms with Crippen molar-refractivity contribution in [3.63, 3.8) is 0 Å². The van der Waals surface area contributed by atoms with Crippen LogP contribution in [0.3, 0.4) is 0 Å². The third-order valence-electron chi connectivity index (χ3n) is 5.65. The minimum atomic E-state index is -0.412. The van der Waals surface area contributed by atoms with Crippen molar-refractivity contribution in [3.8, 4) is 11.5 Å². The second kappa shape index (κ2) is 9.54. The second-order valence-electron chi connectivity index (χ2n) is 8.07. The minimum Gasteiger partial charge on any atom is -0.454 e. The molecule has 9 heteroatoms. The van der Waals surface area contributed by atoms with Crippen LogP contribution in [0.5, 0.6) is 11.5 Å². The summed E-state index contributed by atoms with van der Waals surface area (Å²) < 4.78 is 10.7. The largest absolute Gasteiger partial charge is 0.454 e. The van der Waals surface area contributed by atoms with Crippen molar-refractivity contribution in [1.29, 1.82) is 0 Å². The van der Waals surface area contributed by atoms with Gasteiger partial charge in [-0.15, -0.1) is 11.3 Å². The van der Waals surface area contributed by atoms with E-state index in [0.29, 0.717) is 34.5 Å². The fourth-order valence-corrected chi connectivity index (χ4v) is 5.49. The standard InChI is InChI=1S/C23H27N3O4S2/c1-5-12(2)8-16-13(3)31-22-19(16)21(28)25-23(26-22)32-14(4)20(27)24-10-15-6-7-17-18(9-15)30-11-29-17/h6-7,9,12,14H,5,8,10-11H2,1-4H3,(H,24,27)(H,25,26,28)/t12-,14-/m1/s1. The maximum Gasteiger partial charge on any atom is 0.260 e. The summed E-state index contributed by atoms with van der Waals surface area (Å²) >= 11 is 2.80. The first kappa shape index (κ1) is 22.7. The fourth-order valence-electron chi connectivity index (χ4n) is 3.55. The summed E-state index contributed by atoms with van der Waals surface area (Å²) in [6, 6.07) is 5.60. The smallest absolute Gasteiger partial charge is 0.260 e. The summed E-state index contributed by atoms with van der Waals surface area (Å²) in [5.41, 5.74) is 1.89. The van der Waals surface area contributed by atoms with Gasteiger partial charge in [0, 0.05) is 11.4 Å². The Morgan fingerprint density at radius 1 is 1.31 bits per heavy atom. The van der Waals surface area contributed by atoms with Crippen molar-refractivity contribution >= 4 is 39.2 Å².